The van der Waals surface area contributed by atoms with Crippen LogP contribution in [0.5, 0.6) is 0 Å². The fourth-order valence-electron chi connectivity index (χ4n) is 2.39. The maximum atomic E-state index is 13.6. The second kappa shape index (κ2) is 7.53. The van der Waals surface area contributed by atoms with E-state index in [4.69, 9.17) is 5.41 Å². The van der Waals surface area contributed by atoms with Crippen molar-refractivity contribution in [3.8, 4) is 0 Å². The van der Waals surface area contributed by atoms with Crippen LogP contribution in [0.4, 0.5) is 30.7 Å². The van der Waals surface area contributed by atoms with Crippen LogP contribution in [0.3, 0.4) is 0 Å². The minimum absolute atomic E-state index is 0. The Labute approximate surface area is 154 Å². The van der Waals surface area contributed by atoms with E-state index in [1.165, 1.54) is 4.90 Å². The molecule has 1 aliphatic heterocycles. The van der Waals surface area contributed by atoms with Crippen molar-refractivity contribution in [3.63, 3.8) is 0 Å². The molecule has 0 aromatic heterocycles. The fourth-order valence-corrected chi connectivity index (χ4v) is 2.39. The molecule has 1 aromatic carbocycles. The van der Waals surface area contributed by atoms with Crippen molar-refractivity contribution < 1.29 is 52.5 Å². The highest BCUT2D eigenvalue weighted by molar-refractivity contribution is 5.99. The van der Waals surface area contributed by atoms with Crippen LogP contribution in [0.1, 0.15) is 28.8 Å². The lowest BCUT2D eigenvalue weighted by Crippen LogP contribution is -3.00. The van der Waals surface area contributed by atoms with E-state index in [-0.39, 0.29) is 34.9 Å². The molecular formula is C15H13BrF7N2O-. The van der Waals surface area contributed by atoms with Crippen LogP contribution in [-0.4, -0.2) is 41.7 Å². The van der Waals surface area contributed by atoms with Crippen molar-refractivity contribution in [2.75, 3.05) is 13.1 Å². The number of ketones is 1. The van der Waals surface area contributed by atoms with E-state index in [2.05, 4.69) is 0 Å². The molecule has 2 rings (SSSR count). The third-order valence-electron chi connectivity index (χ3n) is 3.88. The average molecular weight is 450 g/mol. The minimum Gasteiger partial charge on any atom is -1.00 e. The Balaban J connectivity index is 0.00000338. The van der Waals surface area contributed by atoms with Crippen molar-refractivity contribution in [2.24, 2.45) is 0 Å². The van der Waals surface area contributed by atoms with E-state index >= 15 is 0 Å². The number of hydrogen-bond acceptors (Lipinski definition) is 2. The SMILES string of the molecule is N=C1CCCN1CC(=O)c1ccc(C(F)(F)C(F)(F)C(F)(F)F)cc1.[Br-]. The van der Waals surface area contributed by atoms with E-state index < -0.39 is 29.4 Å². The molecule has 1 aliphatic rings. The Hall–Kier alpha value is -1.65. The second-order valence-electron chi connectivity index (χ2n) is 5.62. The molecule has 0 radical (unpaired) electrons. The zero-order valence-electron chi connectivity index (χ0n) is 13.0. The first kappa shape index (κ1) is 22.4. The van der Waals surface area contributed by atoms with Gasteiger partial charge in [-0.3, -0.25) is 10.2 Å². The van der Waals surface area contributed by atoms with Crippen LogP contribution in [-0.2, 0) is 5.92 Å². The molecule has 26 heavy (non-hydrogen) atoms. The first-order chi connectivity index (χ1) is 11.4. The number of rotatable bonds is 5. The van der Waals surface area contributed by atoms with Crippen molar-refractivity contribution in [1.29, 1.82) is 5.41 Å². The Bertz CT molecular complexity index is 674. The minimum atomic E-state index is -6.42. The van der Waals surface area contributed by atoms with Crippen LogP contribution in [0.2, 0.25) is 0 Å². The molecule has 1 fully saturated rings. The summed E-state index contributed by atoms with van der Waals surface area (Å²) in [4.78, 5) is 13.5. The highest BCUT2D eigenvalue weighted by Crippen LogP contribution is 2.51. The lowest BCUT2D eigenvalue weighted by atomic mass is 9.99. The van der Waals surface area contributed by atoms with Gasteiger partial charge in [-0.1, -0.05) is 24.3 Å². The van der Waals surface area contributed by atoms with Crippen LogP contribution >= 0.6 is 0 Å². The van der Waals surface area contributed by atoms with Crippen molar-refractivity contribution in [3.05, 3.63) is 35.4 Å². The summed E-state index contributed by atoms with van der Waals surface area (Å²) in [6, 6.07) is 2.31. The number of benzene rings is 1. The second-order valence-corrected chi connectivity index (χ2v) is 5.62. The lowest BCUT2D eigenvalue weighted by Gasteiger charge is -2.28. The van der Waals surface area contributed by atoms with Crippen LogP contribution in [0.15, 0.2) is 24.3 Å². The maximum Gasteiger partial charge on any atom is 0.460 e. The van der Waals surface area contributed by atoms with Gasteiger partial charge in [0, 0.05) is 24.1 Å². The highest BCUT2D eigenvalue weighted by atomic mass is 79.9. The molecule has 3 nitrogen and oxygen atoms in total. The highest BCUT2D eigenvalue weighted by Gasteiger charge is 2.73. The molecular weight excluding hydrogens is 437 g/mol. The predicted molar refractivity (Wildman–Crippen MR) is 74.2 cm³/mol. The molecule has 0 aliphatic carbocycles. The Morgan fingerprint density at radius 3 is 2.00 bits per heavy atom. The molecule has 0 amide bonds. The number of amidine groups is 1. The van der Waals surface area contributed by atoms with Gasteiger partial charge in [-0.25, -0.2) is 0 Å². The van der Waals surface area contributed by atoms with Crippen LogP contribution < -0.4 is 17.0 Å². The predicted octanol–water partition coefficient (Wildman–Crippen LogP) is 1.24. The summed E-state index contributed by atoms with van der Waals surface area (Å²) < 4.78 is 89.6. The normalized spacial score (nSPS) is 15.8. The first-order valence-corrected chi connectivity index (χ1v) is 7.16. The van der Waals surface area contributed by atoms with Gasteiger partial charge in [-0.2, -0.15) is 30.7 Å². The third-order valence-corrected chi connectivity index (χ3v) is 3.88. The van der Waals surface area contributed by atoms with Gasteiger partial charge in [0.1, 0.15) is 0 Å². The molecule has 0 saturated carbocycles. The quantitative estimate of drug-likeness (QED) is 0.542. The summed E-state index contributed by atoms with van der Waals surface area (Å²) in [5.74, 6) is -12.0. The number of Topliss-reactive ketones (excluding diaryl/α,β-unsaturated/α-hetero) is 1. The van der Waals surface area contributed by atoms with Crippen molar-refractivity contribution in [2.45, 2.75) is 30.9 Å². The summed E-state index contributed by atoms with van der Waals surface area (Å²) in [6.45, 7) is 0.297. The van der Waals surface area contributed by atoms with E-state index in [1.807, 2.05) is 0 Å². The number of halogens is 8. The average Bonchev–Trinajstić information content (AvgIpc) is 2.91. The number of carbonyl (C=O) groups excluding carboxylic acids is 1. The van der Waals surface area contributed by atoms with Gasteiger partial charge in [-0.05, 0) is 6.42 Å². The Morgan fingerprint density at radius 1 is 1.04 bits per heavy atom. The smallest absolute Gasteiger partial charge is 0.460 e. The van der Waals surface area contributed by atoms with Gasteiger partial charge in [0.25, 0.3) is 0 Å². The first-order valence-electron chi connectivity index (χ1n) is 7.16. The van der Waals surface area contributed by atoms with Gasteiger partial charge < -0.3 is 21.9 Å². The largest absolute Gasteiger partial charge is 1.00 e. The van der Waals surface area contributed by atoms with E-state index in [1.54, 1.807) is 0 Å². The third kappa shape index (κ3) is 4.02. The molecule has 0 atom stereocenters. The number of likely N-dealkylation sites (tertiary alicyclic amines) is 1. The summed E-state index contributed by atoms with van der Waals surface area (Å²) in [7, 11) is 0. The molecule has 1 N–H and O–H groups in total. The maximum absolute atomic E-state index is 13.6. The molecule has 0 bridgehead atoms. The number of hydrogen-bond donors (Lipinski definition) is 1. The molecule has 146 valence electrons. The van der Waals surface area contributed by atoms with Crippen molar-refractivity contribution in [1.82, 2.24) is 4.90 Å². The van der Waals surface area contributed by atoms with Crippen molar-refractivity contribution >= 4 is 11.6 Å². The Kier molecular flexibility index (Phi) is 6.49. The van der Waals surface area contributed by atoms with Gasteiger partial charge in [-0.15, -0.1) is 0 Å². The summed E-state index contributed by atoms with van der Waals surface area (Å²) in [5, 5.41) is 7.59. The molecule has 11 heteroatoms. The van der Waals surface area contributed by atoms with E-state index in [0.717, 1.165) is 12.1 Å². The standard InChI is InChI=1S/C15H13F7N2O.BrH/c16-13(17,14(18,19)15(20,21)22)10-5-3-9(4-6-10)11(25)8-24-7-1-2-12(24)23;/h3-6,23H,1-2,7-8H2;1H/p-1. The zero-order valence-corrected chi connectivity index (χ0v) is 14.6. The molecule has 1 saturated heterocycles. The van der Waals surface area contributed by atoms with Gasteiger partial charge in [0.05, 0.1) is 12.4 Å². The lowest BCUT2D eigenvalue weighted by molar-refractivity contribution is -0.359. The van der Waals surface area contributed by atoms with Gasteiger partial charge in [0.2, 0.25) is 0 Å². The topological polar surface area (TPSA) is 44.2 Å². The van der Waals surface area contributed by atoms with E-state index in [9.17, 15) is 35.5 Å². The number of nitrogens with zero attached hydrogens (tertiary/aromatic N) is 1. The van der Waals surface area contributed by atoms with Gasteiger partial charge in [0.15, 0.2) is 5.78 Å². The zero-order chi connectivity index (χ0) is 19.0. The fraction of sp³-hybridized carbons (Fsp3) is 0.467. The number of nitrogens with one attached hydrogen (secondary N) is 1. The van der Waals surface area contributed by atoms with Crippen LogP contribution in [0, 0.1) is 5.41 Å². The van der Waals surface area contributed by atoms with Gasteiger partial charge >= 0.3 is 18.0 Å². The summed E-state index contributed by atoms with van der Waals surface area (Å²) in [5.41, 5.74) is -1.66. The van der Waals surface area contributed by atoms with E-state index in [0.29, 0.717) is 31.5 Å². The molecule has 0 spiro atoms. The summed E-state index contributed by atoms with van der Waals surface area (Å²) >= 11 is 0. The number of carbonyl (C=O) groups is 1. The van der Waals surface area contributed by atoms with Crippen LogP contribution in [0.25, 0.3) is 0 Å². The Morgan fingerprint density at radius 2 is 1.58 bits per heavy atom. The molecule has 1 heterocycles. The molecule has 1 aromatic rings. The number of alkyl halides is 7. The molecule has 0 unspecified atom stereocenters. The monoisotopic (exact) mass is 449 g/mol. The summed E-state index contributed by atoms with van der Waals surface area (Å²) in [6.07, 6.45) is -5.21.